The lowest BCUT2D eigenvalue weighted by molar-refractivity contribution is -0.122. The number of hydrogen-bond donors (Lipinski definition) is 1. The zero-order valence-corrected chi connectivity index (χ0v) is 15.3. The van der Waals surface area contributed by atoms with Crippen LogP contribution in [0.25, 0.3) is 0 Å². The molecule has 0 aliphatic rings. The zero-order valence-electron chi connectivity index (χ0n) is 12.9. The summed E-state index contributed by atoms with van der Waals surface area (Å²) in [5, 5.41) is 11.8. The van der Waals surface area contributed by atoms with Crippen LogP contribution in [0, 0.1) is 0 Å². The van der Waals surface area contributed by atoms with Crippen LogP contribution in [0.5, 0.6) is 5.75 Å². The molecule has 1 aromatic carbocycles. The van der Waals surface area contributed by atoms with Gasteiger partial charge in [-0.05, 0) is 31.0 Å². The van der Waals surface area contributed by atoms with E-state index in [1.54, 1.807) is 36.0 Å². The summed E-state index contributed by atoms with van der Waals surface area (Å²) in [6.07, 6.45) is 0.996. The van der Waals surface area contributed by atoms with Gasteiger partial charge in [-0.3, -0.25) is 10.1 Å². The molecule has 0 saturated heterocycles. The minimum absolute atomic E-state index is 0.240. The number of rotatable bonds is 8. The molecule has 2 rings (SSSR count). The summed E-state index contributed by atoms with van der Waals surface area (Å²) in [6, 6.07) is 6.99. The topological polar surface area (TPSA) is 64.1 Å². The molecule has 0 spiro atoms. The number of amides is 1. The van der Waals surface area contributed by atoms with Gasteiger partial charge in [0.1, 0.15) is 5.75 Å². The van der Waals surface area contributed by atoms with Crippen molar-refractivity contribution < 1.29 is 9.53 Å². The van der Waals surface area contributed by atoms with E-state index in [0.717, 1.165) is 16.5 Å². The molecule has 1 unspecified atom stereocenters. The van der Waals surface area contributed by atoms with Crippen molar-refractivity contribution in [3.05, 3.63) is 29.3 Å². The Morgan fingerprint density at radius 3 is 2.96 bits per heavy atom. The Hall–Kier alpha value is -1.31. The van der Waals surface area contributed by atoms with Crippen LogP contribution < -0.4 is 10.1 Å². The average Bonchev–Trinajstić information content (AvgIpc) is 2.98. The van der Waals surface area contributed by atoms with Crippen molar-refractivity contribution in [2.24, 2.45) is 0 Å². The van der Waals surface area contributed by atoms with Crippen molar-refractivity contribution in [2.75, 3.05) is 11.1 Å². The first-order valence-electron chi connectivity index (χ1n) is 7.31. The number of nitrogens with one attached hydrogen (secondary N) is 1. The molecule has 8 heteroatoms. The van der Waals surface area contributed by atoms with Gasteiger partial charge in [-0.1, -0.05) is 54.6 Å². The van der Waals surface area contributed by atoms with Crippen molar-refractivity contribution in [1.29, 1.82) is 0 Å². The first-order valence-corrected chi connectivity index (χ1v) is 9.49. The van der Waals surface area contributed by atoms with Crippen molar-refractivity contribution in [3.63, 3.8) is 0 Å². The number of carbonyl (C=O) groups excluding carboxylic acids is 1. The van der Waals surface area contributed by atoms with E-state index in [0.29, 0.717) is 22.3 Å². The van der Waals surface area contributed by atoms with Crippen molar-refractivity contribution in [2.45, 2.75) is 37.1 Å². The summed E-state index contributed by atoms with van der Waals surface area (Å²) >= 11 is 8.93. The van der Waals surface area contributed by atoms with Crippen LogP contribution in [-0.4, -0.2) is 28.0 Å². The average molecular weight is 372 g/mol. The summed E-state index contributed by atoms with van der Waals surface area (Å²) in [7, 11) is 0. The zero-order chi connectivity index (χ0) is 16.7. The van der Waals surface area contributed by atoms with Crippen LogP contribution >= 0.6 is 34.7 Å². The van der Waals surface area contributed by atoms with E-state index in [1.807, 2.05) is 6.92 Å². The fourth-order valence-corrected chi connectivity index (χ4v) is 3.58. The normalized spacial score (nSPS) is 12.0. The molecule has 5 nitrogen and oxygen atoms in total. The van der Waals surface area contributed by atoms with E-state index in [-0.39, 0.29) is 5.91 Å². The molecule has 124 valence electrons. The summed E-state index contributed by atoms with van der Waals surface area (Å²) < 4.78 is 6.56. The SMILES string of the molecule is CCCSc1nnc(NC(=O)C(CC)Oc2cccc(Cl)c2)s1. The highest BCUT2D eigenvalue weighted by molar-refractivity contribution is 8.01. The van der Waals surface area contributed by atoms with Crippen LogP contribution in [0.2, 0.25) is 5.02 Å². The quantitative estimate of drug-likeness (QED) is 0.547. The molecule has 0 bridgehead atoms. The number of carbonyl (C=O) groups is 1. The second kappa shape index (κ2) is 9.10. The third-order valence-electron chi connectivity index (χ3n) is 2.80. The van der Waals surface area contributed by atoms with E-state index in [1.165, 1.54) is 11.3 Å². The molecule has 0 saturated carbocycles. The second-order valence-electron chi connectivity index (χ2n) is 4.68. The maximum Gasteiger partial charge on any atom is 0.267 e. The molecule has 1 N–H and O–H groups in total. The lowest BCUT2D eigenvalue weighted by Gasteiger charge is -2.16. The number of aromatic nitrogens is 2. The van der Waals surface area contributed by atoms with Crippen molar-refractivity contribution >= 4 is 45.7 Å². The highest BCUT2D eigenvalue weighted by atomic mass is 35.5. The largest absolute Gasteiger partial charge is 0.481 e. The van der Waals surface area contributed by atoms with E-state index in [9.17, 15) is 4.79 Å². The molecule has 0 aliphatic carbocycles. The molecule has 1 amide bonds. The maximum absolute atomic E-state index is 12.3. The monoisotopic (exact) mass is 371 g/mol. The van der Waals surface area contributed by atoms with Gasteiger partial charge in [-0.15, -0.1) is 10.2 Å². The summed E-state index contributed by atoms with van der Waals surface area (Å²) in [6.45, 7) is 3.99. The highest BCUT2D eigenvalue weighted by Crippen LogP contribution is 2.26. The lowest BCUT2D eigenvalue weighted by atomic mass is 10.2. The van der Waals surface area contributed by atoms with Gasteiger partial charge in [0.15, 0.2) is 10.4 Å². The molecule has 1 aromatic heterocycles. The predicted molar refractivity (Wildman–Crippen MR) is 95.7 cm³/mol. The van der Waals surface area contributed by atoms with Gasteiger partial charge in [-0.2, -0.15) is 0 Å². The molecule has 0 fully saturated rings. The fourth-order valence-electron chi connectivity index (χ4n) is 1.72. The van der Waals surface area contributed by atoms with Crippen molar-refractivity contribution in [1.82, 2.24) is 10.2 Å². The van der Waals surface area contributed by atoms with Gasteiger partial charge in [0.2, 0.25) is 5.13 Å². The van der Waals surface area contributed by atoms with E-state index in [4.69, 9.17) is 16.3 Å². The number of ether oxygens (including phenoxy) is 1. The first kappa shape index (κ1) is 18.0. The number of anilines is 1. The summed E-state index contributed by atoms with van der Waals surface area (Å²) in [5.41, 5.74) is 0. The highest BCUT2D eigenvalue weighted by Gasteiger charge is 2.20. The number of nitrogens with zero attached hydrogens (tertiary/aromatic N) is 2. The first-order chi connectivity index (χ1) is 11.1. The number of halogens is 1. The third-order valence-corrected chi connectivity index (χ3v) is 5.22. The molecular formula is C15H18ClN3O2S2. The lowest BCUT2D eigenvalue weighted by Crippen LogP contribution is -2.32. The molecule has 0 radical (unpaired) electrons. The summed E-state index contributed by atoms with van der Waals surface area (Å²) in [4.78, 5) is 12.3. The minimum atomic E-state index is -0.607. The van der Waals surface area contributed by atoms with E-state index < -0.39 is 6.10 Å². The van der Waals surface area contributed by atoms with E-state index in [2.05, 4.69) is 22.4 Å². The van der Waals surface area contributed by atoms with Gasteiger partial charge in [0, 0.05) is 10.8 Å². The van der Waals surface area contributed by atoms with Gasteiger partial charge in [-0.25, -0.2) is 0 Å². The van der Waals surface area contributed by atoms with Gasteiger partial charge in [0.05, 0.1) is 0 Å². The molecular weight excluding hydrogens is 354 g/mol. The second-order valence-corrected chi connectivity index (χ2v) is 7.44. The Kier molecular flexibility index (Phi) is 7.14. The van der Waals surface area contributed by atoms with Crippen LogP contribution in [0.1, 0.15) is 26.7 Å². The Morgan fingerprint density at radius 1 is 1.43 bits per heavy atom. The van der Waals surface area contributed by atoms with Gasteiger partial charge < -0.3 is 4.74 Å². The standard InChI is InChI=1S/C15H18ClN3O2S2/c1-3-8-22-15-19-18-14(23-15)17-13(20)12(4-2)21-11-7-5-6-10(16)9-11/h5-7,9,12H,3-4,8H2,1-2H3,(H,17,18,20). The van der Waals surface area contributed by atoms with Gasteiger partial charge >= 0.3 is 0 Å². The Balaban J connectivity index is 1.95. The fraction of sp³-hybridized carbons (Fsp3) is 0.400. The Bertz CT molecular complexity index is 651. The van der Waals surface area contributed by atoms with Gasteiger partial charge in [0.25, 0.3) is 5.91 Å². The van der Waals surface area contributed by atoms with E-state index >= 15 is 0 Å². The number of hydrogen-bond acceptors (Lipinski definition) is 6. The summed E-state index contributed by atoms with van der Waals surface area (Å²) in [5.74, 6) is 1.31. The number of thioether (sulfide) groups is 1. The maximum atomic E-state index is 12.3. The molecule has 1 atom stereocenters. The van der Waals surface area contributed by atoms with Crippen LogP contribution in [0.4, 0.5) is 5.13 Å². The molecule has 23 heavy (non-hydrogen) atoms. The predicted octanol–water partition coefficient (Wildman–Crippen LogP) is 4.49. The smallest absolute Gasteiger partial charge is 0.267 e. The number of benzene rings is 1. The minimum Gasteiger partial charge on any atom is -0.481 e. The van der Waals surface area contributed by atoms with Crippen LogP contribution in [0.15, 0.2) is 28.6 Å². The molecule has 0 aliphatic heterocycles. The Labute approximate surface area is 148 Å². The third kappa shape index (κ3) is 5.67. The molecule has 2 aromatic rings. The molecule has 1 heterocycles. The Morgan fingerprint density at radius 2 is 2.26 bits per heavy atom. The van der Waals surface area contributed by atoms with Crippen LogP contribution in [0.3, 0.4) is 0 Å². The van der Waals surface area contributed by atoms with Crippen molar-refractivity contribution in [3.8, 4) is 5.75 Å². The van der Waals surface area contributed by atoms with Crippen LogP contribution in [-0.2, 0) is 4.79 Å².